The lowest BCUT2D eigenvalue weighted by Crippen LogP contribution is -2.32. The van der Waals surface area contributed by atoms with Crippen LogP contribution in [0.5, 0.6) is 0 Å². The standard InChI is InChI=1S/C24H33NO5S/c1-7-28-22(26)21(29-16(2)3)13-17-8-9-20(18-10-11-31-15-18)19(12-17)14-25-23(27)30-24(4,5)6/h8-12,15-16,21H,7,13-14H2,1-6H3,(H,25,27). The van der Waals surface area contributed by atoms with Gasteiger partial charge in [-0.05, 0) is 80.6 Å². The SMILES string of the molecule is CCOC(=O)C(Cc1ccc(-c2ccsc2)c(CNC(=O)OC(C)(C)C)c1)OC(C)C. The van der Waals surface area contributed by atoms with Gasteiger partial charge >= 0.3 is 12.1 Å². The minimum absolute atomic E-state index is 0.104. The Morgan fingerprint density at radius 2 is 1.90 bits per heavy atom. The third-order valence-electron chi connectivity index (χ3n) is 4.23. The van der Waals surface area contributed by atoms with E-state index >= 15 is 0 Å². The van der Waals surface area contributed by atoms with E-state index in [1.165, 1.54) is 0 Å². The highest BCUT2D eigenvalue weighted by molar-refractivity contribution is 7.08. The zero-order valence-corrected chi connectivity index (χ0v) is 20.0. The fourth-order valence-corrected chi connectivity index (χ4v) is 3.72. The Hall–Kier alpha value is -2.38. The number of thiophene rings is 1. The highest BCUT2D eigenvalue weighted by Crippen LogP contribution is 2.28. The second-order valence-electron chi connectivity index (χ2n) is 8.49. The molecule has 0 bridgehead atoms. The van der Waals surface area contributed by atoms with E-state index < -0.39 is 17.8 Å². The van der Waals surface area contributed by atoms with E-state index in [0.717, 1.165) is 22.3 Å². The van der Waals surface area contributed by atoms with E-state index in [9.17, 15) is 9.59 Å². The van der Waals surface area contributed by atoms with E-state index in [0.29, 0.717) is 19.6 Å². The number of hydrogen-bond donors (Lipinski definition) is 1. The highest BCUT2D eigenvalue weighted by atomic mass is 32.1. The van der Waals surface area contributed by atoms with Crippen LogP contribution in [0.4, 0.5) is 4.79 Å². The molecule has 7 heteroatoms. The Morgan fingerprint density at radius 3 is 2.48 bits per heavy atom. The van der Waals surface area contributed by atoms with Gasteiger partial charge in [-0.1, -0.05) is 18.2 Å². The van der Waals surface area contributed by atoms with Gasteiger partial charge in [0.25, 0.3) is 0 Å². The largest absolute Gasteiger partial charge is 0.464 e. The zero-order chi connectivity index (χ0) is 23.0. The van der Waals surface area contributed by atoms with Crippen LogP contribution in [-0.2, 0) is 32.0 Å². The van der Waals surface area contributed by atoms with Crippen LogP contribution < -0.4 is 5.32 Å². The van der Waals surface area contributed by atoms with Crippen LogP contribution in [0, 0.1) is 0 Å². The monoisotopic (exact) mass is 447 g/mol. The van der Waals surface area contributed by atoms with Gasteiger partial charge in [0.05, 0.1) is 12.7 Å². The molecule has 1 atom stereocenters. The number of rotatable bonds is 9. The van der Waals surface area contributed by atoms with E-state index in [1.807, 2.05) is 64.3 Å². The summed E-state index contributed by atoms with van der Waals surface area (Å²) in [4.78, 5) is 24.5. The van der Waals surface area contributed by atoms with Crippen molar-refractivity contribution in [2.24, 2.45) is 0 Å². The van der Waals surface area contributed by atoms with Crippen LogP contribution in [0.1, 0.15) is 52.7 Å². The fraction of sp³-hybridized carbons (Fsp3) is 0.500. The van der Waals surface area contributed by atoms with Gasteiger partial charge in [-0.2, -0.15) is 11.3 Å². The van der Waals surface area contributed by atoms with Gasteiger partial charge < -0.3 is 19.5 Å². The van der Waals surface area contributed by atoms with Crippen LogP contribution in [0.3, 0.4) is 0 Å². The average Bonchev–Trinajstić information content (AvgIpc) is 3.19. The molecule has 1 aromatic carbocycles. The molecule has 1 unspecified atom stereocenters. The van der Waals surface area contributed by atoms with Gasteiger partial charge in [0.15, 0.2) is 6.10 Å². The number of amides is 1. The minimum Gasteiger partial charge on any atom is -0.464 e. The molecule has 2 aromatic rings. The van der Waals surface area contributed by atoms with Gasteiger partial charge in [0.2, 0.25) is 0 Å². The molecule has 1 aromatic heterocycles. The third-order valence-corrected chi connectivity index (χ3v) is 4.91. The number of hydrogen-bond acceptors (Lipinski definition) is 6. The van der Waals surface area contributed by atoms with Crippen LogP contribution in [0.25, 0.3) is 11.1 Å². The predicted octanol–water partition coefficient (Wildman–Crippen LogP) is 5.34. The van der Waals surface area contributed by atoms with E-state index in [1.54, 1.807) is 18.3 Å². The Balaban J connectivity index is 2.26. The summed E-state index contributed by atoms with van der Waals surface area (Å²) in [5, 5.41) is 6.91. The molecule has 6 nitrogen and oxygen atoms in total. The second kappa shape index (κ2) is 11.3. The predicted molar refractivity (Wildman–Crippen MR) is 123 cm³/mol. The van der Waals surface area contributed by atoms with Crippen molar-refractivity contribution in [3.05, 3.63) is 46.2 Å². The average molecular weight is 448 g/mol. The molecule has 1 heterocycles. The third kappa shape index (κ3) is 8.34. The lowest BCUT2D eigenvalue weighted by atomic mass is 9.97. The summed E-state index contributed by atoms with van der Waals surface area (Å²) in [5.74, 6) is -0.369. The first-order valence-electron chi connectivity index (χ1n) is 10.5. The van der Waals surface area contributed by atoms with Crippen LogP contribution in [-0.4, -0.2) is 36.5 Å². The number of ether oxygens (including phenoxy) is 3. The van der Waals surface area contributed by atoms with Crippen molar-refractivity contribution in [3.63, 3.8) is 0 Å². The van der Waals surface area contributed by atoms with Crippen LogP contribution in [0.15, 0.2) is 35.0 Å². The van der Waals surface area contributed by atoms with Crippen molar-refractivity contribution in [2.75, 3.05) is 6.61 Å². The minimum atomic E-state index is -0.682. The molecule has 0 fully saturated rings. The molecule has 1 amide bonds. The first-order chi connectivity index (χ1) is 14.6. The summed E-state index contributed by atoms with van der Waals surface area (Å²) < 4.78 is 16.3. The first-order valence-corrected chi connectivity index (χ1v) is 11.5. The number of esters is 1. The highest BCUT2D eigenvalue weighted by Gasteiger charge is 2.23. The molecule has 0 saturated carbocycles. The molecule has 0 radical (unpaired) electrons. The summed E-state index contributed by atoms with van der Waals surface area (Å²) >= 11 is 1.61. The van der Waals surface area contributed by atoms with Gasteiger partial charge in [-0.25, -0.2) is 9.59 Å². The quantitative estimate of drug-likeness (QED) is 0.525. The molecule has 1 N–H and O–H groups in total. The van der Waals surface area contributed by atoms with Crippen LogP contribution >= 0.6 is 11.3 Å². The molecule has 0 aliphatic carbocycles. The fourth-order valence-electron chi connectivity index (χ4n) is 3.07. The maximum absolute atomic E-state index is 12.4. The molecule has 31 heavy (non-hydrogen) atoms. The Morgan fingerprint density at radius 1 is 1.16 bits per heavy atom. The molecule has 0 aliphatic heterocycles. The Kier molecular flexibility index (Phi) is 9.07. The summed E-state index contributed by atoms with van der Waals surface area (Å²) in [6, 6.07) is 8.04. The van der Waals surface area contributed by atoms with Gasteiger partial charge in [-0.15, -0.1) is 0 Å². The van der Waals surface area contributed by atoms with E-state index in [4.69, 9.17) is 14.2 Å². The van der Waals surface area contributed by atoms with Crippen molar-refractivity contribution in [1.29, 1.82) is 0 Å². The van der Waals surface area contributed by atoms with Gasteiger partial charge in [0.1, 0.15) is 5.60 Å². The maximum atomic E-state index is 12.4. The van der Waals surface area contributed by atoms with Crippen molar-refractivity contribution in [3.8, 4) is 11.1 Å². The summed E-state index contributed by atoms with van der Waals surface area (Å²) in [5.41, 5.74) is 3.41. The summed E-state index contributed by atoms with van der Waals surface area (Å²) in [7, 11) is 0. The zero-order valence-electron chi connectivity index (χ0n) is 19.2. The Labute approximate surface area is 188 Å². The maximum Gasteiger partial charge on any atom is 0.407 e. The molecule has 170 valence electrons. The normalized spacial score (nSPS) is 12.5. The molecular formula is C24H33NO5S. The van der Waals surface area contributed by atoms with Crippen molar-refractivity contribution in [1.82, 2.24) is 5.32 Å². The number of nitrogens with one attached hydrogen (secondary N) is 1. The van der Waals surface area contributed by atoms with Crippen molar-refractivity contribution < 1.29 is 23.8 Å². The molecule has 0 spiro atoms. The molecular weight excluding hydrogens is 414 g/mol. The topological polar surface area (TPSA) is 73.9 Å². The van der Waals surface area contributed by atoms with E-state index in [2.05, 4.69) is 10.7 Å². The Bertz CT molecular complexity index is 855. The molecule has 0 saturated heterocycles. The second-order valence-corrected chi connectivity index (χ2v) is 9.27. The first kappa shape index (κ1) is 24.9. The molecule has 0 aliphatic rings. The number of carbonyl (C=O) groups excluding carboxylic acids is 2. The smallest absolute Gasteiger partial charge is 0.407 e. The van der Waals surface area contributed by atoms with Gasteiger partial charge in [-0.3, -0.25) is 0 Å². The number of alkyl carbamates (subject to hydrolysis) is 1. The van der Waals surface area contributed by atoms with Gasteiger partial charge in [0, 0.05) is 13.0 Å². The van der Waals surface area contributed by atoms with Crippen molar-refractivity contribution >= 4 is 23.4 Å². The summed E-state index contributed by atoms with van der Waals surface area (Å²) in [6.45, 7) is 11.7. The van der Waals surface area contributed by atoms with Crippen LogP contribution in [0.2, 0.25) is 0 Å². The lowest BCUT2D eigenvalue weighted by molar-refractivity contribution is -0.159. The lowest BCUT2D eigenvalue weighted by Gasteiger charge is -2.21. The molecule has 2 rings (SSSR count). The number of benzene rings is 1. The van der Waals surface area contributed by atoms with Crippen molar-refractivity contribution in [2.45, 2.75) is 72.3 Å². The van der Waals surface area contributed by atoms with E-state index in [-0.39, 0.29) is 12.1 Å². The number of carbonyl (C=O) groups is 2. The summed E-state index contributed by atoms with van der Waals surface area (Å²) in [6.07, 6.45) is -0.867.